The maximum absolute atomic E-state index is 5.05. The van der Waals surface area contributed by atoms with E-state index in [1.54, 1.807) is 11.1 Å². The zero-order valence-electron chi connectivity index (χ0n) is 29.3. The van der Waals surface area contributed by atoms with Crippen LogP contribution in [0.25, 0.3) is 50.9 Å². The van der Waals surface area contributed by atoms with Gasteiger partial charge in [0.15, 0.2) is 17.5 Å². The molecule has 6 aromatic rings. The molecule has 0 aliphatic heterocycles. The Hall–Kier alpha value is -5.41. The minimum atomic E-state index is -0.0756. The standard InChI is InChI=1S/C48H41N3/c1-47(2)40-25-15-23-35(43(40)38-29-37-36-22-10-11-24-39(36)48(26-12-5-13-27-48)42(37)30-41(38)47)33-20-14-21-34(28-33)46-50-44(31-16-6-3-7-17-31)49-45(51-46)32-18-8-4-9-19-32/h3-4,6-11,14-25,28-30,37,42H,5,12-13,26-27H2,1-2H3. The fourth-order valence-electron chi connectivity index (χ4n) is 10.0. The van der Waals surface area contributed by atoms with Crippen LogP contribution < -0.4 is 0 Å². The van der Waals surface area contributed by atoms with Crippen molar-refractivity contribution >= 4 is 5.57 Å². The summed E-state index contributed by atoms with van der Waals surface area (Å²) in [7, 11) is 0. The maximum Gasteiger partial charge on any atom is 0.164 e. The molecule has 2 atom stereocenters. The summed E-state index contributed by atoms with van der Waals surface area (Å²) in [6.45, 7) is 4.88. The molecule has 4 aliphatic rings. The van der Waals surface area contributed by atoms with Crippen LogP contribution in [0, 0.1) is 5.92 Å². The summed E-state index contributed by atoms with van der Waals surface area (Å²) in [5.74, 6) is 2.97. The van der Waals surface area contributed by atoms with E-state index in [9.17, 15) is 0 Å². The topological polar surface area (TPSA) is 38.7 Å². The largest absolute Gasteiger partial charge is 0.208 e. The van der Waals surface area contributed by atoms with Crippen LogP contribution >= 0.6 is 0 Å². The van der Waals surface area contributed by atoms with Gasteiger partial charge >= 0.3 is 0 Å². The van der Waals surface area contributed by atoms with Crippen molar-refractivity contribution in [1.82, 2.24) is 15.0 Å². The lowest BCUT2D eigenvalue weighted by molar-refractivity contribution is 0.232. The molecular formula is C48H41N3. The van der Waals surface area contributed by atoms with E-state index in [0.717, 1.165) is 16.7 Å². The minimum Gasteiger partial charge on any atom is -0.208 e. The Balaban J connectivity index is 1.11. The number of hydrogen-bond acceptors (Lipinski definition) is 3. The SMILES string of the molecule is CC1(C)C2=CC3C(C=C2c2c(-c4cccc(-c5nc(-c6ccccc6)nc(-c6ccccc6)n5)c4)cccc21)c1ccccc1C31CCCCC1. The van der Waals surface area contributed by atoms with Gasteiger partial charge in [0, 0.05) is 33.4 Å². The fraction of sp³-hybridized carbons (Fsp3) is 0.229. The van der Waals surface area contributed by atoms with E-state index in [0.29, 0.717) is 29.3 Å². The highest BCUT2D eigenvalue weighted by Gasteiger charge is 2.54. The molecule has 0 radical (unpaired) electrons. The Morgan fingerprint density at radius 1 is 0.529 bits per heavy atom. The third kappa shape index (κ3) is 4.67. The molecule has 10 rings (SSSR count). The lowest BCUT2D eigenvalue weighted by Gasteiger charge is -2.42. The van der Waals surface area contributed by atoms with Gasteiger partial charge in [-0.25, -0.2) is 15.0 Å². The van der Waals surface area contributed by atoms with Gasteiger partial charge in [0.2, 0.25) is 0 Å². The Kier molecular flexibility index (Phi) is 6.90. The number of rotatable bonds is 4. The van der Waals surface area contributed by atoms with Gasteiger partial charge in [-0.1, -0.05) is 167 Å². The monoisotopic (exact) mass is 659 g/mol. The van der Waals surface area contributed by atoms with Gasteiger partial charge in [-0.2, -0.15) is 0 Å². The molecule has 1 saturated carbocycles. The zero-order chi connectivity index (χ0) is 34.2. The van der Waals surface area contributed by atoms with Crippen LogP contribution in [0.1, 0.15) is 74.1 Å². The molecule has 4 aliphatic carbocycles. The summed E-state index contributed by atoms with van der Waals surface area (Å²) in [4.78, 5) is 15.0. The highest BCUT2D eigenvalue weighted by Crippen LogP contribution is 2.64. The fourth-order valence-corrected chi connectivity index (χ4v) is 10.0. The van der Waals surface area contributed by atoms with Crippen molar-refractivity contribution in [2.24, 2.45) is 5.92 Å². The van der Waals surface area contributed by atoms with Crippen LogP contribution in [-0.4, -0.2) is 15.0 Å². The highest BCUT2D eigenvalue weighted by atomic mass is 15.0. The summed E-state index contributed by atoms with van der Waals surface area (Å²) in [6, 6.07) is 45.6. The van der Waals surface area contributed by atoms with E-state index in [-0.39, 0.29) is 10.8 Å². The van der Waals surface area contributed by atoms with Gasteiger partial charge in [-0.15, -0.1) is 0 Å². The van der Waals surface area contributed by atoms with Crippen LogP contribution in [0.15, 0.2) is 145 Å². The second-order valence-electron chi connectivity index (χ2n) is 15.5. The van der Waals surface area contributed by atoms with Gasteiger partial charge in [0.05, 0.1) is 0 Å². The number of aromatic nitrogens is 3. The average Bonchev–Trinajstić information content (AvgIpc) is 3.59. The minimum absolute atomic E-state index is 0.0756. The Labute approximate surface area is 300 Å². The molecule has 5 aromatic carbocycles. The van der Waals surface area contributed by atoms with Gasteiger partial charge in [-0.05, 0) is 69.4 Å². The lowest BCUT2D eigenvalue weighted by atomic mass is 9.61. The summed E-state index contributed by atoms with van der Waals surface area (Å²) < 4.78 is 0. The second-order valence-corrected chi connectivity index (χ2v) is 15.5. The number of allylic oxidation sites excluding steroid dienone is 4. The van der Waals surface area contributed by atoms with E-state index in [1.165, 1.54) is 65.5 Å². The van der Waals surface area contributed by atoms with Crippen molar-refractivity contribution < 1.29 is 0 Å². The molecule has 248 valence electrons. The molecule has 1 fully saturated rings. The molecule has 3 heteroatoms. The maximum atomic E-state index is 5.05. The number of benzene rings is 5. The van der Waals surface area contributed by atoms with E-state index < -0.39 is 0 Å². The first kappa shape index (κ1) is 30.4. The van der Waals surface area contributed by atoms with Crippen LogP contribution in [0.2, 0.25) is 0 Å². The molecule has 0 amide bonds. The molecule has 1 heterocycles. The molecule has 1 aromatic heterocycles. The summed E-state index contributed by atoms with van der Waals surface area (Å²) in [6.07, 6.45) is 12.1. The van der Waals surface area contributed by atoms with Gasteiger partial charge in [0.1, 0.15) is 0 Å². The first-order valence-electron chi connectivity index (χ1n) is 18.7. The third-order valence-electron chi connectivity index (χ3n) is 12.4. The number of hydrogen-bond donors (Lipinski definition) is 0. The van der Waals surface area contributed by atoms with Crippen LogP contribution in [-0.2, 0) is 10.8 Å². The molecule has 0 saturated heterocycles. The van der Waals surface area contributed by atoms with Crippen molar-refractivity contribution in [1.29, 1.82) is 0 Å². The van der Waals surface area contributed by atoms with E-state index in [1.807, 2.05) is 36.4 Å². The van der Waals surface area contributed by atoms with E-state index in [2.05, 4.69) is 117 Å². The second kappa shape index (κ2) is 11.6. The smallest absolute Gasteiger partial charge is 0.164 e. The summed E-state index contributed by atoms with van der Waals surface area (Å²) in [5.41, 5.74) is 14.5. The quantitative estimate of drug-likeness (QED) is 0.189. The Morgan fingerprint density at radius 3 is 1.80 bits per heavy atom. The number of nitrogens with zero attached hydrogens (tertiary/aromatic N) is 3. The van der Waals surface area contributed by atoms with Crippen molar-refractivity contribution in [2.75, 3.05) is 0 Å². The predicted molar refractivity (Wildman–Crippen MR) is 208 cm³/mol. The average molecular weight is 660 g/mol. The molecular weight excluding hydrogens is 619 g/mol. The highest BCUT2D eigenvalue weighted by molar-refractivity contribution is 5.98. The molecule has 0 bridgehead atoms. The van der Waals surface area contributed by atoms with E-state index in [4.69, 9.17) is 15.0 Å². The number of fused-ring (bicyclic) bond motifs is 8. The first-order chi connectivity index (χ1) is 25.0. The van der Waals surface area contributed by atoms with Gasteiger partial charge in [0.25, 0.3) is 0 Å². The molecule has 51 heavy (non-hydrogen) atoms. The van der Waals surface area contributed by atoms with E-state index >= 15 is 0 Å². The lowest BCUT2D eigenvalue weighted by Crippen LogP contribution is -2.35. The molecule has 0 N–H and O–H groups in total. The van der Waals surface area contributed by atoms with Crippen molar-refractivity contribution in [2.45, 2.75) is 62.7 Å². The molecule has 2 unspecified atom stereocenters. The molecule has 3 nitrogen and oxygen atoms in total. The van der Waals surface area contributed by atoms with Crippen LogP contribution in [0.3, 0.4) is 0 Å². The summed E-state index contributed by atoms with van der Waals surface area (Å²) >= 11 is 0. The van der Waals surface area contributed by atoms with Gasteiger partial charge < -0.3 is 0 Å². The van der Waals surface area contributed by atoms with Gasteiger partial charge in [-0.3, -0.25) is 0 Å². The zero-order valence-corrected chi connectivity index (χ0v) is 29.3. The third-order valence-corrected chi connectivity index (χ3v) is 12.4. The normalized spacial score (nSPS) is 20.5. The van der Waals surface area contributed by atoms with Crippen LogP contribution in [0.5, 0.6) is 0 Å². The summed E-state index contributed by atoms with van der Waals surface area (Å²) in [5, 5.41) is 0. The van der Waals surface area contributed by atoms with Crippen molar-refractivity contribution in [3.05, 3.63) is 167 Å². The predicted octanol–water partition coefficient (Wildman–Crippen LogP) is 11.8. The molecule has 1 spiro atoms. The van der Waals surface area contributed by atoms with Crippen LogP contribution in [0.4, 0.5) is 0 Å². The first-order valence-corrected chi connectivity index (χ1v) is 18.7. The Bertz CT molecular complexity index is 2320. The Morgan fingerprint density at radius 2 is 1.10 bits per heavy atom. The van der Waals surface area contributed by atoms with Crippen molar-refractivity contribution in [3.8, 4) is 45.3 Å². The van der Waals surface area contributed by atoms with Crippen molar-refractivity contribution in [3.63, 3.8) is 0 Å².